The van der Waals surface area contributed by atoms with E-state index in [1.54, 1.807) is 0 Å². The summed E-state index contributed by atoms with van der Waals surface area (Å²) in [4.78, 5) is 11.2. The number of rotatable bonds is 6. The third-order valence-corrected chi connectivity index (χ3v) is 2.99. The summed E-state index contributed by atoms with van der Waals surface area (Å²) in [5, 5.41) is 12.2. The second-order valence-corrected chi connectivity index (χ2v) is 5.21. The molecule has 0 aliphatic heterocycles. The largest absolute Gasteiger partial charge is 0.478 e. The van der Waals surface area contributed by atoms with Crippen LogP contribution in [0.1, 0.15) is 44.0 Å². The van der Waals surface area contributed by atoms with E-state index < -0.39 is 11.8 Å². The fraction of sp³-hybridized carbons (Fsp3) is 0.500. The molecule has 1 atom stereocenters. The normalized spacial score (nSPS) is 12.5. The predicted molar refractivity (Wildman–Crippen MR) is 74.9 cm³/mol. The molecular weight excluding hydrogens is 247 g/mol. The van der Waals surface area contributed by atoms with Gasteiger partial charge in [0, 0.05) is 6.04 Å². The summed E-state index contributed by atoms with van der Waals surface area (Å²) in [5.74, 6) is -1.35. The summed E-state index contributed by atoms with van der Waals surface area (Å²) >= 11 is 0. The molecule has 4 N–H and O–H groups in total. The maximum Gasteiger partial charge on any atom is 0.340 e. The summed E-state index contributed by atoms with van der Waals surface area (Å²) in [6.45, 7) is 6.23. The van der Waals surface area contributed by atoms with Crippen molar-refractivity contribution in [1.29, 1.82) is 0 Å². The lowest BCUT2D eigenvalue weighted by atomic mass is 10.0. The van der Waals surface area contributed by atoms with E-state index in [2.05, 4.69) is 19.2 Å². The van der Waals surface area contributed by atoms with E-state index >= 15 is 0 Å². The van der Waals surface area contributed by atoms with Crippen LogP contribution in [0.2, 0.25) is 0 Å². The SMILES string of the molecule is CC(C)CCC(C)Nc1ccc(F)c(N)c1C(=O)O. The Morgan fingerprint density at radius 1 is 1.37 bits per heavy atom. The molecule has 0 aliphatic rings. The van der Waals surface area contributed by atoms with Crippen molar-refractivity contribution in [2.24, 2.45) is 5.92 Å². The molecule has 0 heterocycles. The van der Waals surface area contributed by atoms with Crippen molar-refractivity contribution in [2.45, 2.75) is 39.7 Å². The number of carboxylic acid groups (broad SMARTS) is 1. The molecule has 19 heavy (non-hydrogen) atoms. The lowest BCUT2D eigenvalue weighted by molar-refractivity contribution is 0.0698. The van der Waals surface area contributed by atoms with Crippen molar-refractivity contribution in [3.63, 3.8) is 0 Å². The number of anilines is 2. The monoisotopic (exact) mass is 268 g/mol. The van der Waals surface area contributed by atoms with Gasteiger partial charge in [-0.2, -0.15) is 0 Å². The first-order chi connectivity index (χ1) is 8.82. The fourth-order valence-corrected chi connectivity index (χ4v) is 1.87. The topological polar surface area (TPSA) is 75.3 Å². The highest BCUT2D eigenvalue weighted by Crippen LogP contribution is 2.26. The van der Waals surface area contributed by atoms with Crippen molar-refractivity contribution in [3.8, 4) is 0 Å². The van der Waals surface area contributed by atoms with E-state index in [1.165, 1.54) is 12.1 Å². The van der Waals surface area contributed by atoms with Gasteiger partial charge >= 0.3 is 5.97 Å². The van der Waals surface area contributed by atoms with Crippen molar-refractivity contribution in [1.82, 2.24) is 0 Å². The Kier molecular flexibility index (Phi) is 5.15. The number of carboxylic acids is 1. The minimum absolute atomic E-state index is 0.102. The van der Waals surface area contributed by atoms with Crippen LogP contribution in [-0.2, 0) is 0 Å². The Labute approximate surface area is 112 Å². The van der Waals surface area contributed by atoms with Gasteiger partial charge in [-0.3, -0.25) is 0 Å². The number of hydrogen-bond acceptors (Lipinski definition) is 3. The molecule has 0 bridgehead atoms. The van der Waals surface area contributed by atoms with Crippen LogP contribution in [-0.4, -0.2) is 17.1 Å². The van der Waals surface area contributed by atoms with Crippen molar-refractivity contribution >= 4 is 17.3 Å². The van der Waals surface area contributed by atoms with Crippen LogP contribution < -0.4 is 11.1 Å². The molecule has 0 aliphatic carbocycles. The molecule has 4 nitrogen and oxygen atoms in total. The van der Waals surface area contributed by atoms with E-state index in [1.807, 2.05) is 6.92 Å². The Balaban J connectivity index is 2.89. The quantitative estimate of drug-likeness (QED) is 0.692. The zero-order chi connectivity index (χ0) is 14.6. The summed E-state index contributed by atoms with van der Waals surface area (Å²) in [6, 6.07) is 2.70. The van der Waals surface area contributed by atoms with Crippen LogP contribution in [0.4, 0.5) is 15.8 Å². The van der Waals surface area contributed by atoms with Crippen LogP contribution >= 0.6 is 0 Å². The Hall–Kier alpha value is -1.78. The first-order valence-electron chi connectivity index (χ1n) is 6.40. The Morgan fingerprint density at radius 3 is 2.53 bits per heavy atom. The number of nitrogens with one attached hydrogen (secondary N) is 1. The van der Waals surface area contributed by atoms with Gasteiger partial charge in [0.15, 0.2) is 0 Å². The molecule has 0 fully saturated rings. The zero-order valence-electron chi connectivity index (χ0n) is 11.5. The first kappa shape index (κ1) is 15.3. The number of benzene rings is 1. The molecule has 1 rings (SSSR count). The standard InChI is InChI=1S/C14H21FN2O2/c1-8(2)4-5-9(3)17-11-7-6-10(15)13(16)12(11)14(18)19/h6-9,17H,4-5,16H2,1-3H3,(H,18,19). The molecule has 1 aromatic carbocycles. The highest BCUT2D eigenvalue weighted by molar-refractivity contribution is 6.00. The van der Waals surface area contributed by atoms with Gasteiger partial charge in [0.2, 0.25) is 0 Å². The van der Waals surface area contributed by atoms with Gasteiger partial charge < -0.3 is 16.2 Å². The van der Waals surface area contributed by atoms with Crippen LogP contribution in [0.3, 0.4) is 0 Å². The minimum atomic E-state index is -1.23. The second kappa shape index (κ2) is 6.41. The maximum absolute atomic E-state index is 13.3. The van der Waals surface area contributed by atoms with Gasteiger partial charge in [-0.1, -0.05) is 13.8 Å². The van der Waals surface area contributed by atoms with E-state index in [-0.39, 0.29) is 17.3 Å². The van der Waals surface area contributed by atoms with Gasteiger partial charge in [0.1, 0.15) is 11.4 Å². The summed E-state index contributed by atoms with van der Waals surface area (Å²) in [7, 11) is 0. The van der Waals surface area contributed by atoms with E-state index in [0.29, 0.717) is 11.6 Å². The molecule has 0 spiro atoms. The number of nitrogen functional groups attached to an aromatic ring is 1. The van der Waals surface area contributed by atoms with Gasteiger partial charge in [-0.05, 0) is 37.8 Å². The maximum atomic E-state index is 13.3. The Morgan fingerprint density at radius 2 is 2.00 bits per heavy atom. The van der Waals surface area contributed by atoms with Gasteiger partial charge in [-0.15, -0.1) is 0 Å². The molecule has 1 aromatic rings. The van der Waals surface area contributed by atoms with Gasteiger partial charge in [-0.25, -0.2) is 9.18 Å². The third kappa shape index (κ3) is 4.12. The third-order valence-electron chi connectivity index (χ3n) is 2.99. The fourth-order valence-electron chi connectivity index (χ4n) is 1.87. The molecule has 0 radical (unpaired) electrons. The molecule has 1 unspecified atom stereocenters. The van der Waals surface area contributed by atoms with Crippen LogP contribution in [0.5, 0.6) is 0 Å². The lowest BCUT2D eigenvalue weighted by Gasteiger charge is -2.18. The summed E-state index contributed by atoms with van der Waals surface area (Å²) in [5.41, 5.74) is 5.33. The van der Waals surface area contributed by atoms with E-state index in [0.717, 1.165) is 12.8 Å². The average Bonchev–Trinajstić information content (AvgIpc) is 2.31. The van der Waals surface area contributed by atoms with E-state index in [9.17, 15) is 9.18 Å². The van der Waals surface area contributed by atoms with Crippen molar-refractivity contribution in [3.05, 3.63) is 23.5 Å². The number of halogens is 1. The van der Waals surface area contributed by atoms with Crippen LogP contribution in [0.15, 0.2) is 12.1 Å². The lowest BCUT2D eigenvalue weighted by Crippen LogP contribution is -2.19. The number of carbonyl (C=O) groups is 1. The number of hydrogen-bond donors (Lipinski definition) is 3. The average molecular weight is 268 g/mol. The summed E-state index contributed by atoms with van der Waals surface area (Å²) < 4.78 is 13.3. The highest BCUT2D eigenvalue weighted by atomic mass is 19.1. The molecule has 0 saturated carbocycles. The zero-order valence-corrected chi connectivity index (χ0v) is 11.5. The van der Waals surface area contributed by atoms with Crippen molar-refractivity contribution < 1.29 is 14.3 Å². The first-order valence-corrected chi connectivity index (χ1v) is 6.40. The van der Waals surface area contributed by atoms with Crippen LogP contribution in [0, 0.1) is 11.7 Å². The molecule has 5 heteroatoms. The number of nitrogens with two attached hydrogens (primary N) is 1. The molecule has 0 aromatic heterocycles. The molecule has 0 amide bonds. The smallest absolute Gasteiger partial charge is 0.340 e. The van der Waals surface area contributed by atoms with E-state index in [4.69, 9.17) is 10.8 Å². The highest BCUT2D eigenvalue weighted by Gasteiger charge is 2.18. The van der Waals surface area contributed by atoms with Gasteiger partial charge in [0.25, 0.3) is 0 Å². The van der Waals surface area contributed by atoms with Crippen LogP contribution in [0.25, 0.3) is 0 Å². The summed E-state index contributed by atoms with van der Waals surface area (Å²) in [6.07, 6.45) is 1.95. The predicted octanol–water partition coefficient (Wildman–Crippen LogP) is 3.34. The van der Waals surface area contributed by atoms with Crippen molar-refractivity contribution in [2.75, 3.05) is 11.1 Å². The van der Waals surface area contributed by atoms with Gasteiger partial charge in [0.05, 0.1) is 11.4 Å². The minimum Gasteiger partial charge on any atom is -0.478 e. The molecule has 106 valence electrons. The molecule has 0 saturated heterocycles. The second-order valence-electron chi connectivity index (χ2n) is 5.21. The number of aromatic carboxylic acids is 1. The Bertz CT molecular complexity index is 461. The molecular formula is C14H21FN2O2.